The average molecular weight is 249 g/mol. The number of benzene rings is 2. The third-order valence-corrected chi connectivity index (χ3v) is 3.13. The van der Waals surface area contributed by atoms with E-state index in [-0.39, 0.29) is 0 Å². The van der Waals surface area contributed by atoms with Gasteiger partial charge in [-0.3, -0.25) is 0 Å². The maximum Gasteiger partial charge on any atom is 0.136 e. The van der Waals surface area contributed by atoms with Gasteiger partial charge in [-0.2, -0.15) is 0 Å². The van der Waals surface area contributed by atoms with E-state index in [0.717, 1.165) is 28.8 Å². The molecule has 0 aliphatic rings. The molecule has 3 rings (SSSR count). The molecule has 0 saturated heterocycles. The summed E-state index contributed by atoms with van der Waals surface area (Å²) in [4.78, 5) is 4.39. The van der Waals surface area contributed by atoms with Gasteiger partial charge >= 0.3 is 0 Å². The molecule has 0 fully saturated rings. The van der Waals surface area contributed by atoms with Crippen LogP contribution in [0.15, 0.2) is 60.8 Å². The van der Waals surface area contributed by atoms with Crippen LogP contribution in [0.3, 0.4) is 0 Å². The van der Waals surface area contributed by atoms with Crippen molar-refractivity contribution in [2.45, 2.75) is 6.54 Å². The number of nitrogens with two attached hydrogens (primary N) is 1. The van der Waals surface area contributed by atoms with E-state index in [1.165, 1.54) is 5.56 Å². The number of hydrogen-bond donors (Lipinski definition) is 2. The number of nitrogens with one attached hydrogen (secondary N) is 1. The van der Waals surface area contributed by atoms with Crippen LogP contribution < -0.4 is 11.1 Å². The van der Waals surface area contributed by atoms with Crippen LogP contribution in [-0.2, 0) is 6.54 Å². The van der Waals surface area contributed by atoms with Crippen molar-refractivity contribution in [2.24, 2.45) is 0 Å². The molecule has 0 atom stereocenters. The first-order chi connectivity index (χ1) is 9.34. The van der Waals surface area contributed by atoms with Gasteiger partial charge < -0.3 is 11.1 Å². The lowest BCUT2D eigenvalue weighted by Crippen LogP contribution is -2.02. The highest BCUT2D eigenvalue weighted by Crippen LogP contribution is 2.26. The highest BCUT2D eigenvalue weighted by atomic mass is 15.0. The van der Waals surface area contributed by atoms with Crippen molar-refractivity contribution in [3.63, 3.8) is 0 Å². The second-order valence-corrected chi connectivity index (χ2v) is 4.44. The Morgan fingerprint density at radius 3 is 2.63 bits per heavy atom. The van der Waals surface area contributed by atoms with Gasteiger partial charge in [-0.15, -0.1) is 0 Å². The maximum absolute atomic E-state index is 6.05. The first-order valence-corrected chi connectivity index (χ1v) is 6.25. The van der Waals surface area contributed by atoms with E-state index in [0.29, 0.717) is 0 Å². The van der Waals surface area contributed by atoms with Crippen LogP contribution in [0.1, 0.15) is 5.56 Å². The Balaban J connectivity index is 1.93. The minimum Gasteiger partial charge on any atom is -0.398 e. The second kappa shape index (κ2) is 4.98. The first kappa shape index (κ1) is 11.5. The van der Waals surface area contributed by atoms with Crippen molar-refractivity contribution in [1.29, 1.82) is 0 Å². The molecule has 0 spiro atoms. The normalized spacial score (nSPS) is 10.5. The summed E-state index contributed by atoms with van der Waals surface area (Å²) in [6.45, 7) is 0.737. The van der Waals surface area contributed by atoms with Gasteiger partial charge in [0.05, 0.1) is 0 Å². The largest absolute Gasteiger partial charge is 0.398 e. The zero-order valence-electron chi connectivity index (χ0n) is 10.5. The topological polar surface area (TPSA) is 50.9 Å². The lowest BCUT2D eigenvalue weighted by molar-refractivity contribution is 1.12. The van der Waals surface area contributed by atoms with Gasteiger partial charge in [-0.05, 0) is 23.1 Å². The first-order valence-electron chi connectivity index (χ1n) is 6.25. The SMILES string of the molecule is Nc1cccc2ccnc(NCc3ccccc3)c12. The monoisotopic (exact) mass is 249 g/mol. The van der Waals surface area contributed by atoms with Crippen LogP contribution in [0, 0.1) is 0 Å². The minimum absolute atomic E-state index is 0.737. The van der Waals surface area contributed by atoms with E-state index < -0.39 is 0 Å². The second-order valence-electron chi connectivity index (χ2n) is 4.44. The number of pyridine rings is 1. The van der Waals surface area contributed by atoms with E-state index in [4.69, 9.17) is 5.73 Å². The molecule has 3 heteroatoms. The standard InChI is InChI=1S/C16H15N3/c17-14-8-4-7-13-9-10-18-16(15(13)14)19-11-12-5-2-1-3-6-12/h1-10H,11,17H2,(H,18,19). The van der Waals surface area contributed by atoms with E-state index in [1.54, 1.807) is 6.20 Å². The molecule has 0 saturated carbocycles. The van der Waals surface area contributed by atoms with E-state index in [2.05, 4.69) is 22.4 Å². The summed E-state index contributed by atoms with van der Waals surface area (Å²) in [5, 5.41) is 5.44. The molecule has 2 aromatic carbocycles. The van der Waals surface area contributed by atoms with Crippen molar-refractivity contribution in [3.8, 4) is 0 Å². The number of hydrogen-bond acceptors (Lipinski definition) is 3. The van der Waals surface area contributed by atoms with Crippen molar-refractivity contribution in [1.82, 2.24) is 4.98 Å². The predicted molar refractivity (Wildman–Crippen MR) is 79.9 cm³/mol. The Labute approximate surface area is 112 Å². The van der Waals surface area contributed by atoms with Crippen LogP contribution in [0.2, 0.25) is 0 Å². The van der Waals surface area contributed by atoms with Gasteiger partial charge in [-0.1, -0.05) is 42.5 Å². The van der Waals surface area contributed by atoms with E-state index >= 15 is 0 Å². The van der Waals surface area contributed by atoms with Gasteiger partial charge in [0.15, 0.2) is 0 Å². The van der Waals surface area contributed by atoms with Gasteiger partial charge in [0.25, 0.3) is 0 Å². The molecule has 0 aliphatic heterocycles. The minimum atomic E-state index is 0.737. The Morgan fingerprint density at radius 2 is 1.79 bits per heavy atom. The Kier molecular flexibility index (Phi) is 3.02. The molecule has 94 valence electrons. The van der Waals surface area contributed by atoms with Gasteiger partial charge in [0, 0.05) is 23.8 Å². The van der Waals surface area contributed by atoms with Crippen molar-refractivity contribution < 1.29 is 0 Å². The highest BCUT2D eigenvalue weighted by molar-refractivity contribution is 6.00. The number of nitrogen functional groups attached to an aromatic ring is 1. The van der Waals surface area contributed by atoms with Crippen LogP contribution in [-0.4, -0.2) is 4.98 Å². The summed E-state index contributed by atoms with van der Waals surface area (Å²) in [6, 6.07) is 18.1. The molecule has 19 heavy (non-hydrogen) atoms. The van der Waals surface area contributed by atoms with E-state index in [9.17, 15) is 0 Å². The van der Waals surface area contributed by atoms with Gasteiger partial charge in [0.2, 0.25) is 0 Å². The summed E-state index contributed by atoms with van der Waals surface area (Å²) in [6.07, 6.45) is 1.80. The molecule has 0 unspecified atom stereocenters. The van der Waals surface area contributed by atoms with Crippen LogP contribution in [0.5, 0.6) is 0 Å². The van der Waals surface area contributed by atoms with Crippen LogP contribution in [0.4, 0.5) is 11.5 Å². The Hall–Kier alpha value is -2.55. The molecule has 1 heterocycles. The summed E-state index contributed by atoms with van der Waals surface area (Å²) >= 11 is 0. The predicted octanol–water partition coefficient (Wildman–Crippen LogP) is 3.43. The van der Waals surface area contributed by atoms with Crippen molar-refractivity contribution >= 4 is 22.3 Å². The lowest BCUT2D eigenvalue weighted by atomic mass is 10.1. The molecule has 0 amide bonds. The molecule has 0 bridgehead atoms. The average Bonchev–Trinajstić information content (AvgIpc) is 2.46. The maximum atomic E-state index is 6.05. The smallest absolute Gasteiger partial charge is 0.136 e. The lowest BCUT2D eigenvalue weighted by Gasteiger charge is -2.10. The van der Waals surface area contributed by atoms with Gasteiger partial charge in [-0.25, -0.2) is 4.98 Å². The molecule has 0 radical (unpaired) electrons. The highest BCUT2D eigenvalue weighted by Gasteiger charge is 2.05. The fourth-order valence-corrected chi connectivity index (χ4v) is 2.17. The molecule has 0 aliphatic carbocycles. The van der Waals surface area contributed by atoms with E-state index in [1.807, 2.05) is 42.5 Å². The molecule has 3 N–H and O–H groups in total. The van der Waals surface area contributed by atoms with Crippen LogP contribution in [0.25, 0.3) is 10.8 Å². The third kappa shape index (κ3) is 2.36. The van der Waals surface area contributed by atoms with Crippen LogP contribution >= 0.6 is 0 Å². The summed E-state index contributed by atoms with van der Waals surface area (Å²) in [5.74, 6) is 0.833. The van der Waals surface area contributed by atoms with Gasteiger partial charge in [0.1, 0.15) is 5.82 Å². The van der Waals surface area contributed by atoms with Crippen molar-refractivity contribution in [3.05, 3.63) is 66.4 Å². The molecular weight excluding hydrogens is 234 g/mol. The zero-order chi connectivity index (χ0) is 13.1. The molecule has 3 nitrogen and oxygen atoms in total. The fraction of sp³-hybridized carbons (Fsp3) is 0.0625. The Bertz CT molecular complexity index is 687. The summed E-state index contributed by atoms with van der Waals surface area (Å²) in [7, 11) is 0. The number of fused-ring (bicyclic) bond motifs is 1. The molecule has 1 aromatic heterocycles. The number of rotatable bonds is 3. The Morgan fingerprint density at radius 1 is 0.947 bits per heavy atom. The molecular formula is C16H15N3. The number of aromatic nitrogens is 1. The summed E-state index contributed by atoms with van der Waals surface area (Å²) in [5.41, 5.74) is 8.02. The fourth-order valence-electron chi connectivity index (χ4n) is 2.17. The zero-order valence-corrected chi connectivity index (χ0v) is 10.5. The third-order valence-electron chi connectivity index (χ3n) is 3.13. The number of anilines is 2. The molecule has 3 aromatic rings. The van der Waals surface area contributed by atoms with Crippen molar-refractivity contribution in [2.75, 3.05) is 11.1 Å². The quantitative estimate of drug-likeness (QED) is 0.699. The number of nitrogens with zero attached hydrogens (tertiary/aromatic N) is 1. The summed E-state index contributed by atoms with van der Waals surface area (Å²) < 4.78 is 0.